The number of thiazole rings is 1. The number of alkyl halides is 3. The van der Waals surface area contributed by atoms with Gasteiger partial charge in [-0.3, -0.25) is 14.9 Å². The fourth-order valence-corrected chi connectivity index (χ4v) is 2.62. The van der Waals surface area contributed by atoms with E-state index in [1.807, 2.05) is 0 Å². The summed E-state index contributed by atoms with van der Waals surface area (Å²) >= 11 is 1.26. The molecule has 0 aliphatic rings. The number of aryl methyl sites for hydroxylation is 1. The number of benzene rings is 1. The van der Waals surface area contributed by atoms with E-state index in [1.165, 1.54) is 11.3 Å². The first kappa shape index (κ1) is 18.6. The summed E-state index contributed by atoms with van der Waals surface area (Å²) in [5, 5.41) is 18.3. The fraction of sp³-hybridized carbons (Fsp3) is 0.286. The Morgan fingerprint density at radius 2 is 2.12 bits per heavy atom. The van der Waals surface area contributed by atoms with Crippen LogP contribution in [0.15, 0.2) is 23.6 Å². The summed E-state index contributed by atoms with van der Waals surface area (Å²) in [5.41, 5.74) is -1.14. The molecule has 0 bridgehead atoms. The Kier molecular flexibility index (Phi) is 5.57. The quantitative estimate of drug-likeness (QED) is 0.592. The highest BCUT2D eigenvalue weighted by atomic mass is 32.1. The van der Waals surface area contributed by atoms with Gasteiger partial charge in [-0.1, -0.05) is 0 Å². The van der Waals surface area contributed by atoms with Crippen LogP contribution in [0.2, 0.25) is 0 Å². The molecule has 1 amide bonds. The summed E-state index contributed by atoms with van der Waals surface area (Å²) in [7, 11) is 0. The van der Waals surface area contributed by atoms with Gasteiger partial charge in [0.2, 0.25) is 5.91 Å². The number of carbonyl (C=O) groups is 1. The van der Waals surface area contributed by atoms with Crippen molar-refractivity contribution in [3.63, 3.8) is 0 Å². The third-order valence-corrected chi connectivity index (χ3v) is 3.93. The van der Waals surface area contributed by atoms with Gasteiger partial charge in [0, 0.05) is 24.4 Å². The number of hydrogen-bond donors (Lipinski definition) is 2. The second kappa shape index (κ2) is 7.47. The molecule has 2 rings (SSSR count). The number of nitrogens with zero attached hydrogens (tertiary/aromatic N) is 2. The molecule has 0 spiro atoms. The van der Waals surface area contributed by atoms with Gasteiger partial charge in [-0.2, -0.15) is 13.2 Å². The van der Waals surface area contributed by atoms with Crippen LogP contribution in [-0.4, -0.2) is 22.4 Å². The summed E-state index contributed by atoms with van der Waals surface area (Å²) in [4.78, 5) is 25.9. The molecule has 25 heavy (non-hydrogen) atoms. The number of nitro groups is 1. The van der Waals surface area contributed by atoms with E-state index >= 15 is 0 Å². The van der Waals surface area contributed by atoms with Gasteiger partial charge in [0.1, 0.15) is 5.69 Å². The number of nitro benzene ring substituents is 1. The molecular weight excluding hydrogens is 361 g/mol. The number of hydrogen-bond acceptors (Lipinski definition) is 6. The van der Waals surface area contributed by atoms with Crippen LogP contribution in [0.1, 0.15) is 17.7 Å². The number of aromatic nitrogens is 1. The topological polar surface area (TPSA) is 97.2 Å². The highest BCUT2D eigenvalue weighted by molar-refractivity contribution is 7.13. The lowest BCUT2D eigenvalue weighted by Crippen LogP contribution is -2.16. The summed E-state index contributed by atoms with van der Waals surface area (Å²) < 4.78 is 37.9. The van der Waals surface area contributed by atoms with Crippen LogP contribution in [-0.2, 0) is 11.0 Å². The van der Waals surface area contributed by atoms with Crippen LogP contribution in [0.25, 0.3) is 0 Å². The Labute approximate surface area is 144 Å². The van der Waals surface area contributed by atoms with Crippen LogP contribution in [0.4, 0.5) is 29.7 Å². The van der Waals surface area contributed by atoms with Gasteiger partial charge in [0.05, 0.1) is 16.2 Å². The molecule has 134 valence electrons. The zero-order valence-electron chi connectivity index (χ0n) is 12.9. The SMILES string of the molecule is Cc1csc(NC(=O)CCNc2ccc(C(F)(F)F)cc2[N+](=O)[O-])n1. The van der Waals surface area contributed by atoms with Gasteiger partial charge in [-0.15, -0.1) is 11.3 Å². The number of carbonyl (C=O) groups excluding carboxylic acids is 1. The second-order valence-corrected chi connectivity index (χ2v) is 5.86. The molecule has 0 saturated heterocycles. The van der Waals surface area contributed by atoms with Gasteiger partial charge in [0.15, 0.2) is 5.13 Å². The van der Waals surface area contributed by atoms with E-state index in [-0.39, 0.29) is 24.6 Å². The maximum absolute atomic E-state index is 12.6. The number of anilines is 2. The summed E-state index contributed by atoms with van der Waals surface area (Å²) in [6, 6.07) is 2.18. The summed E-state index contributed by atoms with van der Waals surface area (Å²) in [6.07, 6.45) is -4.70. The standard InChI is InChI=1S/C14H13F3N4O3S/c1-8-7-25-13(19-8)20-12(22)4-5-18-10-3-2-9(14(15,16)17)6-11(10)21(23)24/h2-3,6-7,18H,4-5H2,1H3,(H,19,20,22). The molecule has 0 unspecified atom stereocenters. The molecule has 2 N–H and O–H groups in total. The monoisotopic (exact) mass is 374 g/mol. The number of nitrogens with one attached hydrogen (secondary N) is 2. The first-order valence-corrected chi connectivity index (χ1v) is 7.86. The van der Waals surface area contributed by atoms with Crippen LogP contribution < -0.4 is 10.6 Å². The van der Waals surface area contributed by atoms with E-state index in [1.54, 1.807) is 12.3 Å². The average molecular weight is 374 g/mol. The molecule has 0 aliphatic heterocycles. The average Bonchev–Trinajstić information content (AvgIpc) is 2.91. The maximum atomic E-state index is 12.6. The van der Waals surface area contributed by atoms with E-state index in [2.05, 4.69) is 15.6 Å². The van der Waals surface area contributed by atoms with Crippen molar-refractivity contribution in [2.45, 2.75) is 19.5 Å². The van der Waals surface area contributed by atoms with E-state index in [0.29, 0.717) is 11.2 Å². The minimum atomic E-state index is -4.67. The highest BCUT2D eigenvalue weighted by Crippen LogP contribution is 2.34. The second-order valence-electron chi connectivity index (χ2n) is 5.01. The molecule has 7 nitrogen and oxygen atoms in total. The zero-order chi connectivity index (χ0) is 18.6. The van der Waals surface area contributed by atoms with E-state index in [0.717, 1.165) is 17.8 Å². The summed E-state index contributed by atoms with van der Waals surface area (Å²) in [6.45, 7) is 1.79. The van der Waals surface area contributed by atoms with Crippen molar-refractivity contribution in [3.05, 3.63) is 45.0 Å². The Bertz CT molecular complexity index is 792. The normalized spacial score (nSPS) is 11.2. The predicted octanol–water partition coefficient (Wildman–Crippen LogP) is 3.82. The zero-order valence-corrected chi connectivity index (χ0v) is 13.7. The fourth-order valence-electron chi connectivity index (χ4n) is 1.91. The first-order chi connectivity index (χ1) is 11.7. The molecule has 0 atom stereocenters. The molecule has 0 saturated carbocycles. The van der Waals surface area contributed by atoms with Crippen LogP contribution in [0.3, 0.4) is 0 Å². The molecule has 1 heterocycles. The van der Waals surface area contributed by atoms with Crippen molar-refractivity contribution < 1.29 is 22.9 Å². The molecular formula is C14H13F3N4O3S. The maximum Gasteiger partial charge on any atom is 0.416 e. The van der Waals surface area contributed by atoms with Crippen molar-refractivity contribution in [3.8, 4) is 0 Å². The van der Waals surface area contributed by atoms with Crippen LogP contribution >= 0.6 is 11.3 Å². The Morgan fingerprint density at radius 1 is 1.40 bits per heavy atom. The first-order valence-electron chi connectivity index (χ1n) is 6.98. The molecule has 0 aliphatic carbocycles. The lowest BCUT2D eigenvalue weighted by molar-refractivity contribution is -0.384. The number of amides is 1. The summed E-state index contributed by atoms with van der Waals surface area (Å²) in [5.74, 6) is -0.364. The Hall–Kier alpha value is -2.69. The minimum Gasteiger partial charge on any atom is -0.379 e. The van der Waals surface area contributed by atoms with Crippen molar-refractivity contribution in [1.82, 2.24) is 4.98 Å². The van der Waals surface area contributed by atoms with Crippen molar-refractivity contribution >= 4 is 33.8 Å². The van der Waals surface area contributed by atoms with Gasteiger partial charge in [-0.05, 0) is 19.1 Å². The van der Waals surface area contributed by atoms with Crippen molar-refractivity contribution in [2.24, 2.45) is 0 Å². The minimum absolute atomic E-state index is 0.0163. The van der Waals surface area contributed by atoms with E-state index in [9.17, 15) is 28.1 Å². The molecule has 0 fully saturated rings. The number of halogens is 3. The third-order valence-electron chi connectivity index (χ3n) is 3.05. The smallest absolute Gasteiger partial charge is 0.379 e. The van der Waals surface area contributed by atoms with Gasteiger partial charge in [-0.25, -0.2) is 4.98 Å². The highest BCUT2D eigenvalue weighted by Gasteiger charge is 2.33. The predicted molar refractivity (Wildman–Crippen MR) is 86.7 cm³/mol. The Morgan fingerprint density at radius 3 is 2.68 bits per heavy atom. The largest absolute Gasteiger partial charge is 0.416 e. The molecule has 11 heteroatoms. The lowest BCUT2D eigenvalue weighted by Gasteiger charge is -2.10. The van der Waals surface area contributed by atoms with Crippen LogP contribution in [0, 0.1) is 17.0 Å². The van der Waals surface area contributed by atoms with Crippen molar-refractivity contribution in [1.29, 1.82) is 0 Å². The van der Waals surface area contributed by atoms with Crippen molar-refractivity contribution in [2.75, 3.05) is 17.2 Å². The molecule has 2 aromatic rings. The van der Waals surface area contributed by atoms with Gasteiger partial charge >= 0.3 is 6.18 Å². The molecule has 1 aromatic carbocycles. The molecule has 1 aromatic heterocycles. The molecule has 0 radical (unpaired) electrons. The third kappa shape index (κ3) is 5.14. The van der Waals surface area contributed by atoms with Gasteiger partial charge in [0.25, 0.3) is 5.69 Å². The van der Waals surface area contributed by atoms with E-state index in [4.69, 9.17) is 0 Å². The van der Waals surface area contributed by atoms with E-state index < -0.39 is 22.4 Å². The lowest BCUT2D eigenvalue weighted by atomic mass is 10.1. The van der Waals surface area contributed by atoms with Gasteiger partial charge < -0.3 is 10.6 Å². The Balaban J connectivity index is 1.98. The van der Waals surface area contributed by atoms with Crippen LogP contribution in [0.5, 0.6) is 0 Å². The number of rotatable bonds is 6.